The van der Waals surface area contributed by atoms with E-state index in [1.54, 1.807) is 13.8 Å². The largest absolute Gasteiger partial charge is 0.465 e. The predicted octanol–water partition coefficient (Wildman–Crippen LogP) is 1.18. The van der Waals surface area contributed by atoms with Crippen LogP contribution >= 0.6 is 0 Å². The van der Waals surface area contributed by atoms with Crippen LogP contribution in [0, 0.1) is 0 Å². The SMILES string of the molecule is COC(=O)C1=C(C(=O)OC)C(C=NC(C)(C)C)(OC(C)C)OC1=O. The number of aliphatic imine (C=N–C) groups is 1. The minimum atomic E-state index is -1.95. The van der Waals surface area contributed by atoms with Gasteiger partial charge in [-0.05, 0) is 34.6 Å². The van der Waals surface area contributed by atoms with Gasteiger partial charge in [-0.3, -0.25) is 4.99 Å². The lowest BCUT2D eigenvalue weighted by molar-refractivity contribution is -0.186. The summed E-state index contributed by atoms with van der Waals surface area (Å²) in [7, 11) is 2.21. The summed E-state index contributed by atoms with van der Waals surface area (Å²) in [5.74, 6) is -4.95. The highest BCUT2D eigenvalue weighted by Crippen LogP contribution is 2.36. The maximum atomic E-state index is 12.3. The molecule has 0 saturated heterocycles. The number of rotatable bonds is 5. The molecule has 1 atom stereocenters. The van der Waals surface area contributed by atoms with E-state index >= 15 is 0 Å². The van der Waals surface area contributed by atoms with Crippen LogP contribution in [0.5, 0.6) is 0 Å². The first kappa shape index (κ1) is 19.8. The molecule has 134 valence electrons. The number of methoxy groups -OCH3 is 2. The molecule has 1 aliphatic heterocycles. The Hall–Kier alpha value is -2.22. The summed E-state index contributed by atoms with van der Waals surface area (Å²) in [6.45, 7) is 8.81. The van der Waals surface area contributed by atoms with Gasteiger partial charge < -0.3 is 18.9 Å². The number of carbonyl (C=O) groups is 3. The molecule has 0 spiro atoms. The standard InChI is InChI=1S/C16H23NO7/c1-9(2)23-16(8-17-15(3,4)5)11(14(20)22-7)10(12(18)21-6)13(19)24-16/h8-9H,1-7H3. The van der Waals surface area contributed by atoms with Crippen molar-refractivity contribution in [2.45, 2.75) is 52.0 Å². The van der Waals surface area contributed by atoms with Crippen LogP contribution in [0.3, 0.4) is 0 Å². The molecule has 24 heavy (non-hydrogen) atoms. The first-order valence-corrected chi connectivity index (χ1v) is 7.36. The molecule has 0 bridgehead atoms. The number of esters is 3. The molecule has 8 nitrogen and oxygen atoms in total. The zero-order valence-electron chi connectivity index (χ0n) is 15.0. The summed E-state index contributed by atoms with van der Waals surface area (Å²) in [6, 6.07) is 0. The van der Waals surface area contributed by atoms with Gasteiger partial charge >= 0.3 is 17.9 Å². The van der Waals surface area contributed by atoms with Crippen LogP contribution in [0.4, 0.5) is 0 Å². The molecule has 1 heterocycles. The Labute approximate surface area is 140 Å². The molecule has 1 rings (SSSR count). The van der Waals surface area contributed by atoms with Gasteiger partial charge in [0, 0.05) is 0 Å². The predicted molar refractivity (Wildman–Crippen MR) is 84.3 cm³/mol. The molecular formula is C16H23NO7. The van der Waals surface area contributed by atoms with Crippen LogP contribution in [-0.2, 0) is 33.3 Å². The molecule has 0 fully saturated rings. The van der Waals surface area contributed by atoms with E-state index in [2.05, 4.69) is 9.73 Å². The molecule has 0 aromatic carbocycles. The van der Waals surface area contributed by atoms with Gasteiger partial charge in [0.15, 0.2) is 5.57 Å². The molecule has 0 aromatic heterocycles. The minimum Gasteiger partial charge on any atom is -0.465 e. The van der Waals surface area contributed by atoms with Crippen LogP contribution in [-0.4, -0.2) is 55.8 Å². The lowest BCUT2D eigenvalue weighted by Gasteiger charge is -2.28. The summed E-state index contributed by atoms with van der Waals surface area (Å²) >= 11 is 0. The Morgan fingerprint density at radius 1 is 1.17 bits per heavy atom. The minimum absolute atomic E-state index is 0.386. The second-order valence-corrected chi connectivity index (χ2v) is 6.39. The van der Waals surface area contributed by atoms with E-state index in [1.807, 2.05) is 20.8 Å². The van der Waals surface area contributed by atoms with E-state index in [9.17, 15) is 14.4 Å². The normalized spacial score (nSPS) is 21.4. The average Bonchev–Trinajstić information content (AvgIpc) is 2.75. The second-order valence-electron chi connectivity index (χ2n) is 6.39. The lowest BCUT2D eigenvalue weighted by atomic mass is 10.0. The van der Waals surface area contributed by atoms with Crippen molar-refractivity contribution >= 4 is 24.1 Å². The van der Waals surface area contributed by atoms with Crippen molar-refractivity contribution in [3.63, 3.8) is 0 Å². The van der Waals surface area contributed by atoms with Gasteiger partial charge in [0.2, 0.25) is 0 Å². The molecule has 0 aromatic rings. The fourth-order valence-corrected chi connectivity index (χ4v) is 1.98. The van der Waals surface area contributed by atoms with E-state index in [4.69, 9.17) is 14.2 Å². The number of hydrogen-bond acceptors (Lipinski definition) is 8. The first-order valence-electron chi connectivity index (χ1n) is 7.36. The fourth-order valence-electron chi connectivity index (χ4n) is 1.98. The summed E-state index contributed by atoms with van der Waals surface area (Å²) in [5.41, 5.74) is -1.48. The highest BCUT2D eigenvalue weighted by atomic mass is 16.7. The van der Waals surface area contributed by atoms with Crippen molar-refractivity contribution in [2.24, 2.45) is 4.99 Å². The van der Waals surface area contributed by atoms with Gasteiger partial charge in [-0.15, -0.1) is 0 Å². The van der Waals surface area contributed by atoms with E-state index in [1.165, 1.54) is 6.21 Å². The zero-order valence-corrected chi connectivity index (χ0v) is 15.0. The van der Waals surface area contributed by atoms with Crippen molar-refractivity contribution in [2.75, 3.05) is 14.2 Å². The van der Waals surface area contributed by atoms with E-state index in [0.29, 0.717) is 0 Å². The van der Waals surface area contributed by atoms with Gasteiger partial charge in [0.05, 0.1) is 32.1 Å². The highest BCUT2D eigenvalue weighted by molar-refractivity contribution is 6.23. The highest BCUT2D eigenvalue weighted by Gasteiger charge is 2.55. The molecular weight excluding hydrogens is 318 g/mol. The Morgan fingerprint density at radius 3 is 2.12 bits per heavy atom. The first-order chi connectivity index (χ1) is 11.0. The Bertz CT molecular complexity index is 598. The van der Waals surface area contributed by atoms with Gasteiger partial charge in [-0.25, -0.2) is 14.4 Å². The van der Waals surface area contributed by atoms with Gasteiger partial charge in [-0.2, -0.15) is 0 Å². The lowest BCUT2D eigenvalue weighted by Crippen LogP contribution is -2.43. The smallest absolute Gasteiger partial charge is 0.349 e. The molecule has 1 unspecified atom stereocenters. The number of hydrogen-bond donors (Lipinski definition) is 0. The number of carbonyl (C=O) groups excluding carboxylic acids is 3. The van der Waals surface area contributed by atoms with Gasteiger partial charge in [-0.1, -0.05) is 0 Å². The van der Waals surface area contributed by atoms with E-state index in [0.717, 1.165) is 14.2 Å². The molecule has 0 amide bonds. The Morgan fingerprint density at radius 2 is 1.71 bits per heavy atom. The number of nitrogens with zero attached hydrogens (tertiary/aromatic N) is 1. The van der Waals surface area contributed by atoms with Gasteiger partial charge in [0.25, 0.3) is 5.79 Å². The molecule has 0 N–H and O–H groups in total. The van der Waals surface area contributed by atoms with Crippen LogP contribution in [0.15, 0.2) is 16.1 Å². The third kappa shape index (κ3) is 4.19. The topological polar surface area (TPSA) is 100 Å². The number of cyclic esters (lactones) is 1. The van der Waals surface area contributed by atoms with Crippen molar-refractivity contribution in [3.05, 3.63) is 11.1 Å². The van der Waals surface area contributed by atoms with Crippen molar-refractivity contribution in [1.82, 2.24) is 0 Å². The molecule has 0 saturated carbocycles. The van der Waals surface area contributed by atoms with Crippen LogP contribution < -0.4 is 0 Å². The average molecular weight is 341 g/mol. The summed E-state index contributed by atoms with van der Waals surface area (Å²) in [5, 5.41) is 0. The maximum absolute atomic E-state index is 12.3. The van der Waals surface area contributed by atoms with E-state index in [-0.39, 0.29) is 5.57 Å². The fraction of sp³-hybridized carbons (Fsp3) is 0.625. The Balaban J connectivity index is 3.63. The third-order valence-electron chi connectivity index (χ3n) is 2.86. The molecule has 8 heteroatoms. The van der Waals surface area contributed by atoms with E-state index < -0.39 is 40.9 Å². The Kier molecular flexibility index (Phi) is 5.89. The third-order valence-corrected chi connectivity index (χ3v) is 2.86. The monoisotopic (exact) mass is 341 g/mol. The zero-order chi connectivity index (χ0) is 18.7. The van der Waals surface area contributed by atoms with Crippen molar-refractivity contribution in [1.29, 1.82) is 0 Å². The summed E-state index contributed by atoms with van der Waals surface area (Å²) in [6.07, 6.45) is 0.758. The van der Waals surface area contributed by atoms with Gasteiger partial charge in [0.1, 0.15) is 5.57 Å². The quantitative estimate of drug-likeness (QED) is 0.320. The summed E-state index contributed by atoms with van der Waals surface area (Å²) in [4.78, 5) is 40.7. The van der Waals surface area contributed by atoms with Crippen LogP contribution in [0.2, 0.25) is 0 Å². The van der Waals surface area contributed by atoms with Crippen molar-refractivity contribution in [3.8, 4) is 0 Å². The van der Waals surface area contributed by atoms with Crippen LogP contribution in [0.25, 0.3) is 0 Å². The molecule has 0 radical (unpaired) electrons. The van der Waals surface area contributed by atoms with Crippen molar-refractivity contribution < 1.29 is 33.3 Å². The summed E-state index contributed by atoms with van der Waals surface area (Å²) < 4.78 is 20.2. The number of ether oxygens (including phenoxy) is 4. The second kappa shape index (κ2) is 7.12. The molecule has 0 aliphatic carbocycles. The van der Waals surface area contributed by atoms with Crippen LogP contribution in [0.1, 0.15) is 34.6 Å². The molecule has 1 aliphatic rings. The maximum Gasteiger partial charge on any atom is 0.349 e.